The molecule has 2 nitrogen and oxygen atoms in total. The molecular weight excluding hydrogens is 279 g/mol. The number of carbonyl (C=O) groups excluding carboxylic acids is 1. The minimum absolute atomic E-state index is 0.200. The van der Waals surface area contributed by atoms with E-state index in [0.717, 1.165) is 23.7 Å². The molecule has 0 spiro atoms. The first-order chi connectivity index (χ1) is 6.22. The van der Waals surface area contributed by atoms with Gasteiger partial charge >= 0.3 is 0 Å². The molecule has 0 aromatic heterocycles. The van der Waals surface area contributed by atoms with Crippen LogP contribution in [0.4, 0.5) is 0 Å². The molecule has 0 fully saturated rings. The van der Waals surface area contributed by atoms with Gasteiger partial charge in [-0.3, -0.25) is 4.79 Å². The van der Waals surface area contributed by atoms with Gasteiger partial charge in [0.15, 0.2) is 5.78 Å². The summed E-state index contributed by atoms with van der Waals surface area (Å²) in [6.07, 6.45) is 3.60. The van der Waals surface area contributed by atoms with E-state index in [4.69, 9.17) is 4.74 Å². The van der Waals surface area contributed by atoms with Crippen molar-refractivity contribution in [3.63, 3.8) is 0 Å². The van der Waals surface area contributed by atoms with Gasteiger partial charge in [0.2, 0.25) is 0 Å². The molecule has 0 aromatic carbocycles. The predicted molar refractivity (Wildman–Crippen MR) is 63.5 cm³/mol. The maximum Gasteiger partial charge on any atom is 0.161 e. The van der Waals surface area contributed by atoms with Crippen LogP contribution >= 0.6 is 22.6 Å². The molecule has 3 heteroatoms. The summed E-state index contributed by atoms with van der Waals surface area (Å²) in [6, 6.07) is 0. The fourth-order valence-corrected chi connectivity index (χ4v) is 1.32. The van der Waals surface area contributed by atoms with Crippen LogP contribution in [0.5, 0.6) is 0 Å². The van der Waals surface area contributed by atoms with Crippen molar-refractivity contribution in [1.29, 1.82) is 0 Å². The third-order valence-electron chi connectivity index (χ3n) is 1.88. The third-order valence-corrected chi connectivity index (χ3v) is 2.64. The van der Waals surface area contributed by atoms with Gasteiger partial charge in [-0.05, 0) is 24.2 Å². The molecule has 0 aliphatic rings. The zero-order chi connectivity index (χ0) is 10.1. The number of alkyl halides is 1. The highest BCUT2D eigenvalue weighted by molar-refractivity contribution is 14.1. The van der Waals surface area contributed by atoms with E-state index in [1.807, 2.05) is 6.92 Å². The van der Waals surface area contributed by atoms with Gasteiger partial charge in [0.25, 0.3) is 0 Å². The van der Waals surface area contributed by atoms with Crippen LogP contribution in [0.3, 0.4) is 0 Å². The number of carbonyl (C=O) groups is 1. The standard InChI is InChI=1S/C10H19IO2/c1-3-4-8-13-9(2)10(12)6-5-7-11/h9H,3-8H2,1-2H3. The van der Waals surface area contributed by atoms with Crippen LogP contribution in [0.25, 0.3) is 0 Å². The molecule has 0 amide bonds. The van der Waals surface area contributed by atoms with E-state index in [9.17, 15) is 4.79 Å². The van der Waals surface area contributed by atoms with E-state index >= 15 is 0 Å². The Labute approximate surface area is 94.6 Å². The SMILES string of the molecule is CCCCOC(C)C(=O)CCCI. The summed E-state index contributed by atoms with van der Waals surface area (Å²) in [4.78, 5) is 11.4. The molecular formula is C10H19IO2. The van der Waals surface area contributed by atoms with Gasteiger partial charge < -0.3 is 4.74 Å². The highest BCUT2D eigenvalue weighted by Crippen LogP contribution is 2.03. The van der Waals surface area contributed by atoms with Crippen molar-refractivity contribution in [1.82, 2.24) is 0 Å². The Morgan fingerprint density at radius 3 is 2.69 bits per heavy atom. The summed E-state index contributed by atoms with van der Waals surface area (Å²) in [5.41, 5.74) is 0. The number of ketones is 1. The van der Waals surface area contributed by atoms with Gasteiger partial charge in [0, 0.05) is 13.0 Å². The van der Waals surface area contributed by atoms with Crippen LogP contribution in [0.2, 0.25) is 0 Å². The van der Waals surface area contributed by atoms with Crippen LogP contribution in [0.1, 0.15) is 39.5 Å². The zero-order valence-electron chi connectivity index (χ0n) is 8.51. The first-order valence-corrected chi connectivity index (χ1v) is 6.45. The number of hydrogen-bond acceptors (Lipinski definition) is 2. The summed E-state index contributed by atoms with van der Waals surface area (Å²) in [6.45, 7) is 4.69. The van der Waals surface area contributed by atoms with Gasteiger partial charge in [-0.1, -0.05) is 35.9 Å². The van der Waals surface area contributed by atoms with E-state index in [2.05, 4.69) is 29.5 Å². The van der Waals surface area contributed by atoms with E-state index < -0.39 is 0 Å². The topological polar surface area (TPSA) is 26.3 Å². The Morgan fingerprint density at radius 1 is 1.46 bits per heavy atom. The second-order valence-corrected chi connectivity index (χ2v) is 4.20. The van der Waals surface area contributed by atoms with Crippen molar-refractivity contribution in [3.05, 3.63) is 0 Å². The molecule has 0 saturated heterocycles. The number of hydrogen-bond donors (Lipinski definition) is 0. The van der Waals surface area contributed by atoms with Crippen molar-refractivity contribution in [2.45, 2.75) is 45.6 Å². The molecule has 78 valence electrons. The molecule has 1 atom stereocenters. The Hall–Kier alpha value is 0.360. The Bertz CT molecular complexity index is 137. The molecule has 0 N–H and O–H groups in total. The van der Waals surface area contributed by atoms with Crippen LogP contribution in [-0.2, 0) is 9.53 Å². The van der Waals surface area contributed by atoms with Crippen molar-refractivity contribution >= 4 is 28.4 Å². The lowest BCUT2D eigenvalue weighted by atomic mass is 10.1. The van der Waals surface area contributed by atoms with Gasteiger partial charge in [-0.2, -0.15) is 0 Å². The number of rotatable bonds is 8. The molecule has 0 heterocycles. The summed E-state index contributed by atoms with van der Waals surface area (Å²) in [7, 11) is 0. The normalized spacial score (nSPS) is 12.8. The minimum Gasteiger partial charge on any atom is -0.371 e. The smallest absolute Gasteiger partial charge is 0.161 e. The summed E-state index contributed by atoms with van der Waals surface area (Å²) >= 11 is 2.29. The maximum atomic E-state index is 11.4. The van der Waals surface area contributed by atoms with Crippen LogP contribution in [0.15, 0.2) is 0 Å². The third kappa shape index (κ3) is 7.43. The van der Waals surface area contributed by atoms with Crippen LogP contribution in [-0.4, -0.2) is 22.9 Å². The number of Topliss-reactive ketones (excluding diaryl/α,β-unsaturated/α-hetero) is 1. The zero-order valence-corrected chi connectivity index (χ0v) is 10.7. The van der Waals surface area contributed by atoms with Crippen molar-refractivity contribution < 1.29 is 9.53 Å². The average Bonchev–Trinajstić information content (AvgIpc) is 2.14. The molecule has 0 bridgehead atoms. The van der Waals surface area contributed by atoms with Crippen LogP contribution < -0.4 is 0 Å². The number of ether oxygens (including phenoxy) is 1. The molecule has 13 heavy (non-hydrogen) atoms. The second kappa shape index (κ2) is 8.94. The second-order valence-electron chi connectivity index (χ2n) is 3.13. The van der Waals surface area contributed by atoms with Gasteiger partial charge in [0.05, 0.1) is 0 Å². The monoisotopic (exact) mass is 298 g/mol. The predicted octanol–water partition coefficient (Wildman–Crippen LogP) is 2.98. The van der Waals surface area contributed by atoms with Crippen molar-refractivity contribution in [2.75, 3.05) is 11.0 Å². The lowest BCUT2D eigenvalue weighted by molar-refractivity contribution is -0.129. The molecule has 0 radical (unpaired) electrons. The molecule has 0 rings (SSSR count). The Morgan fingerprint density at radius 2 is 2.15 bits per heavy atom. The lowest BCUT2D eigenvalue weighted by Crippen LogP contribution is -2.21. The van der Waals surface area contributed by atoms with Crippen molar-refractivity contribution in [2.24, 2.45) is 0 Å². The molecule has 1 unspecified atom stereocenters. The lowest BCUT2D eigenvalue weighted by Gasteiger charge is -2.10. The maximum absolute atomic E-state index is 11.4. The van der Waals surface area contributed by atoms with Crippen LogP contribution in [0, 0.1) is 0 Å². The van der Waals surface area contributed by atoms with E-state index in [1.165, 1.54) is 0 Å². The van der Waals surface area contributed by atoms with Crippen molar-refractivity contribution in [3.8, 4) is 0 Å². The first-order valence-electron chi connectivity index (χ1n) is 4.92. The summed E-state index contributed by atoms with van der Waals surface area (Å²) < 4.78 is 6.44. The highest BCUT2D eigenvalue weighted by atomic mass is 127. The fraction of sp³-hybridized carbons (Fsp3) is 0.900. The molecule has 0 saturated carbocycles. The fourth-order valence-electron chi connectivity index (χ4n) is 0.942. The van der Waals surface area contributed by atoms with Gasteiger partial charge in [-0.25, -0.2) is 0 Å². The van der Waals surface area contributed by atoms with Gasteiger partial charge in [-0.15, -0.1) is 0 Å². The van der Waals surface area contributed by atoms with E-state index in [0.29, 0.717) is 13.0 Å². The molecule has 0 aliphatic carbocycles. The highest BCUT2D eigenvalue weighted by Gasteiger charge is 2.11. The molecule has 0 aromatic rings. The van der Waals surface area contributed by atoms with E-state index in [-0.39, 0.29) is 11.9 Å². The molecule has 0 aliphatic heterocycles. The summed E-state index contributed by atoms with van der Waals surface area (Å²) in [5.74, 6) is 0.243. The minimum atomic E-state index is -0.200. The Kier molecular flexibility index (Phi) is 9.18. The largest absolute Gasteiger partial charge is 0.371 e. The quantitative estimate of drug-likeness (QED) is 0.391. The van der Waals surface area contributed by atoms with E-state index in [1.54, 1.807) is 0 Å². The average molecular weight is 298 g/mol. The number of unbranched alkanes of at least 4 members (excludes halogenated alkanes) is 1. The Balaban J connectivity index is 3.45. The number of halogens is 1. The summed E-state index contributed by atoms with van der Waals surface area (Å²) in [5, 5.41) is 0. The van der Waals surface area contributed by atoms with Gasteiger partial charge in [0.1, 0.15) is 6.10 Å². The first kappa shape index (κ1) is 13.4.